The van der Waals surface area contributed by atoms with Gasteiger partial charge in [0, 0.05) is 38.9 Å². The van der Waals surface area contributed by atoms with Crippen molar-refractivity contribution in [1.29, 1.82) is 0 Å². The SMILES string of the molecule is CC(C)NCC1(CN2CCC(C)C(O)C2)CCOCC1. The largest absolute Gasteiger partial charge is 0.392 e. The Morgan fingerprint density at radius 2 is 2.05 bits per heavy atom. The molecule has 0 spiro atoms. The third-order valence-electron chi connectivity index (χ3n) is 5.00. The first-order valence-electron chi connectivity index (χ1n) is 8.22. The topological polar surface area (TPSA) is 44.7 Å². The van der Waals surface area contributed by atoms with Gasteiger partial charge in [-0.15, -0.1) is 0 Å². The number of aliphatic hydroxyl groups excluding tert-OH is 1. The van der Waals surface area contributed by atoms with E-state index in [2.05, 4.69) is 31.0 Å². The predicted molar refractivity (Wildman–Crippen MR) is 81.9 cm³/mol. The summed E-state index contributed by atoms with van der Waals surface area (Å²) in [7, 11) is 0. The highest BCUT2D eigenvalue weighted by Gasteiger charge is 2.36. The standard InChI is InChI=1S/C16H32N2O2/c1-13(2)17-11-16(5-8-20-9-6-16)12-18-7-4-14(3)15(19)10-18/h13-15,17,19H,4-12H2,1-3H3. The number of hydrogen-bond acceptors (Lipinski definition) is 4. The van der Waals surface area contributed by atoms with Crippen molar-refractivity contribution < 1.29 is 9.84 Å². The molecule has 0 bridgehead atoms. The van der Waals surface area contributed by atoms with Gasteiger partial charge >= 0.3 is 0 Å². The van der Waals surface area contributed by atoms with E-state index in [0.29, 0.717) is 17.4 Å². The van der Waals surface area contributed by atoms with Crippen molar-refractivity contribution in [3.8, 4) is 0 Å². The van der Waals surface area contributed by atoms with Gasteiger partial charge in [0.05, 0.1) is 6.10 Å². The summed E-state index contributed by atoms with van der Waals surface area (Å²) >= 11 is 0. The Morgan fingerprint density at radius 1 is 1.35 bits per heavy atom. The van der Waals surface area contributed by atoms with Crippen molar-refractivity contribution in [1.82, 2.24) is 10.2 Å². The maximum Gasteiger partial charge on any atom is 0.0693 e. The van der Waals surface area contributed by atoms with Crippen LogP contribution in [0.15, 0.2) is 0 Å². The molecule has 2 aliphatic rings. The van der Waals surface area contributed by atoms with E-state index >= 15 is 0 Å². The molecule has 0 aromatic heterocycles. The summed E-state index contributed by atoms with van der Waals surface area (Å²) in [6.07, 6.45) is 3.23. The van der Waals surface area contributed by atoms with Gasteiger partial charge in [0.1, 0.15) is 0 Å². The fourth-order valence-electron chi connectivity index (χ4n) is 3.35. The number of β-amino-alcohol motifs (C(OH)–C–C–N with tert-alkyl or cyclic N) is 1. The van der Waals surface area contributed by atoms with Crippen LogP contribution in [0.4, 0.5) is 0 Å². The van der Waals surface area contributed by atoms with Crippen LogP contribution in [-0.2, 0) is 4.74 Å². The Bertz CT molecular complexity index is 290. The molecule has 0 amide bonds. The van der Waals surface area contributed by atoms with E-state index in [9.17, 15) is 5.11 Å². The number of nitrogens with one attached hydrogen (secondary N) is 1. The summed E-state index contributed by atoms with van der Waals surface area (Å²) in [4.78, 5) is 2.47. The zero-order chi connectivity index (χ0) is 14.6. The molecule has 0 saturated carbocycles. The Morgan fingerprint density at radius 3 is 2.65 bits per heavy atom. The third kappa shape index (κ3) is 4.42. The number of likely N-dealkylation sites (tertiary alicyclic amines) is 1. The maximum atomic E-state index is 10.1. The Hall–Kier alpha value is -0.160. The van der Waals surface area contributed by atoms with Crippen LogP contribution in [0.5, 0.6) is 0 Å². The average Bonchev–Trinajstić information content (AvgIpc) is 2.42. The summed E-state index contributed by atoms with van der Waals surface area (Å²) in [5.74, 6) is 0.450. The minimum Gasteiger partial charge on any atom is -0.392 e. The molecule has 2 atom stereocenters. The lowest BCUT2D eigenvalue weighted by Crippen LogP contribution is -2.52. The number of ether oxygens (including phenoxy) is 1. The van der Waals surface area contributed by atoms with Crippen molar-refractivity contribution >= 4 is 0 Å². The second-order valence-corrected chi connectivity index (χ2v) is 7.22. The first kappa shape index (κ1) is 16.2. The third-order valence-corrected chi connectivity index (χ3v) is 5.00. The average molecular weight is 284 g/mol. The molecule has 4 nitrogen and oxygen atoms in total. The van der Waals surface area contributed by atoms with Gasteiger partial charge in [-0.3, -0.25) is 0 Å². The maximum absolute atomic E-state index is 10.1. The van der Waals surface area contributed by atoms with Crippen LogP contribution in [0.3, 0.4) is 0 Å². The molecule has 4 heteroatoms. The number of rotatable bonds is 5. The molecule has 2 rings (SSSR count). The summed E-state index contributed by atoms with van der Waals surface area (Å²) < 4.78 is 5.56. The van der Waals surface area contributed by atoms with E-state index in [1.54, 1.807) is 0 Å². The van der Waals surface area contributed by atoms with E-state index in [-0.39, 0.29) is 6.10 Å². The highest BCUT2D eigenvalue weighted by molar-refractivity contribution is 4.90. The molecule has 118 valence electrons. The lowest BCUT2D eigenvalue weighted by Gasteiger charge is -2.44. The van der Waals surface area contributed by atoms with Gasteiger partial charge in [-0.05, 0) is 37.1 Å². The van der Waals surface area contributed by atoms with Gasteiger partial charge < -0.3 is 20.1 Å². The van der Waals surface area contributed by atoms with Crippen molar-refractivity contribution in [3.63, 3.8) is 0 Å². The molecular formula is C16H32N2O2. The fraction of sp³-hybridized carbons (Fsp3) is 1.00. The van der Waals surface area contributed by atoms with Gasteiger partial charge in [0.2, 0.25) is 0 Å². The van der Waals surface area contributed by atoms with Crippen LogP contribution in [0.2, 0.25) is 0 Å². The number of aliphatic hydroxyl groups is 1. The fourth-order valence-corrected chi connectivity index (χ4v) is 3.35. The molecule has 2 fully saturated rings. The van der Waals surface area contributed by atoms with Crippen LogP contribution in [0.25, 0.3) is 0 Å². The van der Waals surface area contributed by atoms with E-state index in [0.717, 1.165) is 58.7 Å². The first-order valence-corrected chi connectivity index (χ1v) is 8.22. The normalized spacial score (nSPS) is 31.6. The molecule has 0 aliphatic carbocycles. The quantitative estimate of drug-likeness (QED) is 0.803. The zero-order valence-electron chi connectivity index (χ0n) is 13.4. The summed E-state index contributed by atoms with van der Waals surface area (Å²) in [6.45, 7) is 12.5. The monoisotopic (exact) mass is 284 g/mol. The van der Waals surface area contributed by atoms with E-state index < -0.39 is 0 Å². The molecule has 20 heavy (non-hydrogen) atoms. The minimum atomic E-state index is -0.154. The minimum absolute atomic E-state index is 0.154. The number of piperidine rings is 1. The van der Waals surface area contributed by atoms with E-state index in [1.807, 2.05) is 0 Å². The zero-order valence-corrected chi connectivity index (χ0v) is 13.4. The lowest BCUT2D eigenvalue weighted by atomic mass is 9.78. The Balaban J connectivity index is 1.93. The van der Waals surface area contributed by atoms with Crippen LogP contribution in [-0.4, -0.2) is 61.5 Å². The van der Waals surface area contributed by atoms with E-state index in [4.69, 9.17) is 4.74 Å². The smallest absolute Gasteiger partial charge is 0.0693 e. The summed E-state index contributed by atoms with van der Waals surface area (Å²) in [6, 6.07) is 0.529. The van der Waals surface area contributed by atoms with Crippen LogP contribution in [0, 0.1) is 11.3 Å². The van der Waals surface area contributed by atoms with Gasteiger partial charge in [-0.2, -0.15) is 0 Å². The molecule has 2 saturated heterocycles. The highest BCUT2D eigenvalue weighted by Crippen LogP contribution is 2.32. The van der Waals surface area contributed by atoms with Crippen molar-refractivity contribution in [3.05, 3.63) is 0 Å². The molecule has 0 aromatic rings. The molecule has 2 heterocycles. The van der Waals surface area contributed by atoms with E-state index in [1.165, 1.54) is 0 Å². The molecule has 0 radical (unpaired) electrons. The predicted octanol–water partition coefficient (Wildman–Crippen LogP) is 1.48. The van der Waals surface area contributed by atoms with Gasteiger partial charge in [-0.25, -0.2) is 0 Å². The molecular weight excluding hydrogens is 252 g/mol. The first-order chi connectivity index (χ1) is 9.51. The molecule has 2 N–H and O–H groups in total. The second kappa shape index (κ2) is 7.21. The van der Waals surface area contributed by atoms with Gasteiger partial charge in [0.15, 0.2) is 0 Å². The van der Waals surface area contributed by atoms with Crippen molar-refractivity contribution in [2.75, 3.05) is 39.4 Å². The Kier molecular flexibility index (Phi) is 5.84. The highest BCUT2D eigenvalue weighted by atomic mass is 16.5. The number of hydrogen-bond donors (Lipinski definition) is 2. The van der Waals surface area contributed by atoms with Crippen molar-refractivity contribution in [2.45, 2.75) is 52.2 Å². The lowest BCUT2D eigenvalue weighted by molar-refractivity contribution is -0.0312. The molecule has 0 aromatic carbocycles. The van der Waals surface area contributed by atoms with Gasteiger partial charge in [-0.1, -0.05) is 20.8 Å². The molecule has 2 aliphatic heterocycles. The van der Waals surface area contributed by atoms with Crippen molar-refractivity contribution in [2.24, 2.45) is 11.3 Å². The number of nitrogens with zero attached hydrogens (tertiary/aromatic N) is 1. The van der Waals surface area contributed by atoms with Crippen LogP contribution in [0.1, 0.15) is 40.0 Å². The Labute approximate surface area is 123 Å². The van der Waals surface area contributed by atoms with Crippen LogP contribution >= 0.6 is 0 Å². The summed E-state index contributed by atoms with van der Waals surface area (Å²) in [5, 5.41) is 13.7. The second-order valence-electron chi connectivity index (χ2n) is 7.22. The van der Waals surface area contributed by atoms with Crippen LogP contribution < -0.4 is 5.32 Å². The van der Waals surface area contributed by atoms with Gasteiger partial charge in [0.25, 0.3) is 0 Å². The molecule has 2 unspecified atom stereocenters. The summed E-state index contributed by atoms with van der Waals surface area (Å²) in [5.41, 5.74) is 0.322.